The van der Waals surface area contributed by atoms with Gasteiger partial charge in [-0.15, -0.1) is 0 Å². The number of fused-ring (bicyclic) bond motifs is 1. The van der Waals surface area contributed by atoms with E-state index in [2.05, 4.69) is 41.7 Å². The predicted molar refractivity (Wildman–Crippen MR) is 66.6 cm³/mol. The van der Waals surface area contributed by atoms with Crippen LogP contribution in [-0.2, 0) is 6.04 Å². The molecule has 2 aromatic rings. The van der Waals surface area contributed by atoms with Crippen LogP contribution in [0.25, 0.3) is 11.0 Å². The lowest BCUT2D eigenvalue weighted by atomic mass is 10.2. The summed E-state index contributed by atoms with van der Waals surface area (Å²) in [5.41, 5.74) is 2.19. The zero-order valence-corrected chi connectivity index (χ0v) is 10.5. The number of aromatic nitrogens is 2. The quantitative estimate of drug-likeness (QED) is 0.721. The van der Waals surface area contributed by atoms with Crippen molar-refractivity contribution in [2.75, 3.05) is 0 Å². The highest BCUT2D eigenvalue weighted by atomic mass is 28.3. The van der Waals surface area contributed by atoms with Gasteiger partial charge in [0, 0.05) is 25.9 Å². The molecule has 3 heteroatoms. The van der Waals surface area contributed by atoms with Gasteiger partial charge in [-0.3, -0.25) is 0 Å². The van der Waals surface area contributed by atoms with Gasteiger partial charge >= 0.3 is 0 Å². The van der Waals surface area contributed by atoms with Crippen LogP contribution in [0, 0.1) is 0 Å². The van der Waals surface area contributed by atoms with Crippen molar-refractivity contribution < 1.29 is 0 Å². The van der Waals surface area contributed by atoms with Gasteiger partial charge in [-0.2, -0.15) is 0 Å². The molecule has 0 bridgehead atoms. The maximum Gasteiger partial charge on any atom is 0.159 e. The Morgan fingerprint density at radius 1 is 1.20 bits per heavy atom. The summed E-state index contributed by atoms with van der Waals surface area (Å²) in [4.78, 5) is 8.60. The Kier molecular flexibility index (Phi) is 2.57. The summed E-state index contributed by atoms with van der Waals surface area (Å²) in [6, 6.07) is 7.43. The number of rotatable bonds is 2. The molecule has 0 N–H and O–H groups in total. The molecule has 0 unspecified atom stereocenters. The Morgan fingerprint density at radius 3 is 2.73 bits per heavy atom. The number of hydrogen-bond donors (Lipinski definition) is 0. The third-order valence-corrected chi connectivity index (χ3v) is 3.71. The van der Waals surface area contributed by atoms with E-state index in [1.54, 1.807) is 6.20 Å². The van der Waals surface area contributed by atoms with E-state index in [9.17, 15) is 0 Å². The summed E-state index contributed by atoms with van der Waals surface area (Å²) in [5, 5.41) is 1.15. The monoisotopic (exact) mass is 216 g/mol. The molecule has 0 aliphatic rings. The van der Waals surface area contributed by atoms with Crippen molar-refractivity contribution in [2.24, 2.45) is 0 Å². The molecule has 78 valence electrons. The van der Waals surface area contributed by atoms with Crippen molar-refractivity contribution in [2.45, 2.75) is 25.7 Å². The van der Waals surface area contributed by atoms with Crippen LogP contribution in [0.4, 0.5) is 0 Å². The van der Waals surface area contributed by atoms with Gasteiger partial charge in [-0.05, 0) is 29.8 Å². The molecule has 0 atom stereocenters. The SMILES string of the molecule is C[Si](C)(C)Cc1cnc2ncccc2c1. The van der Waals surface area contributed by atoms with Crippen LogP contribution >= 0.6 is 0 Å². The Labute approximate surface area is 91.4 Å². The van der Waals surface area contributed by atoms with Crippen LogP contribution in [-0.4, -0.2) is 18.0 Å². The Bertz CT molecular complexity index is 474. The maximum absolute atomic E-state index is 4.38. The molecule has 2 nitrogen and oxygen atoms in total. The van der Waals surface area contributed by atoms with E-state index in [4.69, 9.17) is 0 Å². The highest BCUT2D eigenvalue weighted by Crippen LogP contribution is 2.15. The van der Waals surface area contributed by atoms with Gasteiger partial charge in [0.25, 0.3) is 0 Å². The van der Waals surface area contributed by atoms with Gasteiger partial charge < -0.3 is 0 Å². The van der Waals surface area contributed by atoms with Crippen LogP contribution in [0.3, 0.4) is 0 Å². The molecule has 2 aromatic heterocycles. The topological polar surface area (TPSA) is 25.8 Å². The molecule has 0 aliphatic carbocycles. The average Bonchev–Trinajstić information content (AvgIpc) is 2.15. The third-order valence-electron chi connectivity index (χ3n) is 2.24. The summed E-state index contributed by atoms with van der Waals surface area (Å²) in [6.07, 6.45) is 3.75. The summed E-state index contributed by atoms with van der Waals surface area (Å²) in [6.45, 7) is 7.13. The molecular weight excluding hydrogens is 200 g/mol. The lowest BCUT2D eigenvalue weighted by molar-refractivity contribution is 1.22. The first-order valence-electron chi connectivity index (χ1n) is 5.24. The Hall–Kier alpha value is -1.22. The average molecular weight is 216 g/mol. The standard InChI is InChI=1S/C12H16N2Si/c1-15(2,3)9-10-7-11-5-4-6-13-12(11)14-8-10/h4-8H,9H2,1-3H3. The van der Waals surface area contributed by atoms with Gasteiger partial charge in [0.1, 0.15) is 0 Å². The second kappa shape index (κ2) is 3.74. The molecule has 2 rings (SSSR count). The molecule has 0 spiro atoms. The van der Waals surface area contributed by atoms with Crippen LogP contribution in [0.2, 0.25) is 19.6 Å². The van der Waals surface area contributed by atoms with Gasteiger partial charge in [-0.1, -0.05) is 19.6 Å². The number of hydrogen-bond acceptors (Lipinski definition) is 2. The van der Waals surface area contributed by atoms with Gasteiger partial charge in [0.05, 0.1) is 0 Å². The molecular formula is C12H16N2Si. The van der Waals surface area contributed by atoms with E-state index >= 15 is 0 Å². The Morgan fingerprint density at radius 2 is 2.00 bits per heavy atom. The van der Waals surface area contributed by atoms with Crippen molar-refractivity contribution >= 4 is 19.1 Å². The number of nitrogens with zero attached hydrogens (tertiary/aromatic N) is 2. The summed E-state index contributed by atoms with van der Waals surface area (Å²) >= 11 is 0. The van der Waals surface area contributed by atoms with Gasteiger partial charge in [0.15, 0.2) is 5.65 Å². The lowest BCUT2D eigenvalue weighted by Crippen LogP contribution is -2.23. The molecule has 0 saturated heterocycles. The molecule has 15 heavy (non-hydrogen) atoms. The molecule has 0 aromatic carbocycles. The van der Waals surface area contributed by atoms with Crippen LogP contribution < -0.4 is 0 Å². The largest absolute Gasteiger partial charge is 0.237 e. The zero-order chi connectivity index (χ0) is 10.9. The maximum atomic E-state index is 4.38. The molecule has 0 aliphatic heterocycles. The molecule has 0 radical (unpaired) electrons. The normalized spacial score (nSPS) is 11.9. The van der Waals surface area contributed by atoms with Crippen molar-refractivity contribution in [1.29, 1.82) is 0 Å². The minimum atomic E-state index is -1.05. The number of pyridine rings is 2. The molecule has 0 amide bonds. The van der Waals surface area contributed by atoms with Crippen molar-refractivity contribution in [3.8, 4) is 0 Å². The molecule has 0 fully saturated rings. The first-order chi connectivity index (χ1) is 7.04. The van der Waals surface area contributed by atoms with E-state index in [1.807, 2.05) is 12.3 Å². The van der Waals surface area contributed by atoms with E-state index in [0.29, 0.717) is 0 Å². The summed E-state index contributed by atoms with van der Waals surface area (Å²) < 4.78 is 0. The summed E-state index contributed by atoms with van der Waals surface area (Å²) in [5.74, 6) is 0. The van der Waals surface area contributed by atoms with Crippen molar-refractivity contribution in [3.05, 3.63) is 36.2 Å². The van der Waals surface area contributed by atoms with Crippen LogP contribution in [0.15, 0.2) is 30.6 Å². The van der Waals surface area contributed by atoms with Gasteiger partial charge in [0.2, 0.25) is 0 Å². The van der Waals surface area contributed by atoms with Crippen molar-refractivity contribution in [1.82, 2.24) is 9.97 Å². The molecule has 0 saturated carbocycles. The summed E-state index contributed by atoms with van der Waals surface area (Å²) in [7, 11) is -1.05. The van der Waals surface area contributed by atoms with E-state index in [0.717, 1.165) is 11.0 Å². The second-order valence-electron chi connectivity index (χ2n) is 5.13. The lowest BCUT2D eigenvalue weighted by Gasteiger charge is -2.15. The third kappa shape index (κ3) is 2.62. The second-order valence-corrected chi connectivity index (χ2v) is 10.6. The fourth-order valence-electron chi connectivity index (χ4n) is 1.72. The minimum absolute atomic E-state index is 0.844. The fraction of sp³-hybridized carbons (Fsp3) is 0.333. The van der Waals surface area contributed by atoms with E-state index < -0.39 is 8.07 Å². The Balaban J connectivity index is 2.39. The van der Waals surface area contributed by atoms with Gasteiger partial charge in [-0.25, -0.2) is 9.97 Å². The van der Waals surface area contributed by atoms with Crippen LogP contribution in [0.5, 0.6) is 0 Å². The van der Waals surface area contributed by atoms with E-state index in [1.165, 1.54) is 11.6 Å². The zero-order valence-electron chi connectivity index (χ0n) is 9.49. The van der Waals surface area contributed by atoms with Crippen LogP contribution in [0.1, 0.15) is 5.56 Å². The van der Waals surface area contributed by atoms with E-state index in [-0.39, 0.29) is 0 Å². The smallest absolute Gasteiger partial charge is 0.159 e. The minimum Gasteiger partial charge on any atom is -0.237 e. The first kappa shape index (κ1) is 10.3. The first-order valence-corrected chi connectivity index (χ1v) is 8.95. The molecule has 2 heterocycles. The fourth-order valence-corrected chi connectivity index (χ4v) is 3.14. The highest BCUT2D eigenvalue weighted by molar-refractivity contribution is 6.75. The predicted octanol–water partition coefficient (Wildman–Crippen LogP) is 3.05. The van der Waals surface area contributed by atoms with Crippen molar-refractivity contribution in [3.63, 3.8) is 0 Å². The highest BCUT2D eigenvalue weighted by Gasteiger charge is 2.14.